The standard InChI is InChI=1S/C18H16N4O4/c1-4-24-18(23)14-9-25-17(20-14)12-5-6-22-15(7-12)13(8-19-22)16-10(2)21-26-11(16)3/h5-9H,4H2,1-3H3. The molecule has 0 radical (unpaired) electrons. The summed E-state index contributed by atoms with van der Waals surface area (Å²) in [6.45, 7) is 5.77. The van der Waals surface area contributed by atoms with Crippen molar-refractivity contribution in [3.05, 3.63) is 47.9 Å². The summed E-state index contributed by atoms with van der Waals surface area (Å²) in [7, 11) is 0. The van der Waals surface area contributed by atoms with Gasteiger partial charge in [-0.05, 0) is 32.9 Å². The van der Waals surface area contributed by atoms with Crippen molar-refractivity contribution < 1.29 is 18.5 Å². The highest BCUT2D eigenvalue weighted by atomic mass is 16.5. The highest BCUT2D eigenvalue weighted by Gasteiger charge is 2.18. The number of oxazole rings is 1. The molecule has 0 aliphatic rings. The van der Waals surface area contributed by atoms with Gasteiger partial charge in [-0.1, -0.05) is 5.16 Å². The SMILES string of the molecule is CCOC(=O)c1coc(-c2ccn3ncc(-c4c(C)noc4C)c3c2)n1. The van der Waals surface area contributed by atoms with Crippen molar-refractivity contribution in [3.63, 3.8) is 0 Å². The van der Waals surface area contributed by atoms with E-state index in [2.05, 4.69) is 15.2 Å². The fraction of sp³-hybridized carbons (Fsp3) is 0.222. The molecule has 8 heteroatoms. The minimum atomic E-state index is -0.510. The average Bonchev–Trinajstić information content (AvgIpc) is 3.34. The van der Waals surface area contributed by atoms with E-state index >= 15 is 0 Å². The molecular weight excluding hydrogens is 336 g/mol. The van der Waals surface area contributed by atoms with Crippen LogP contribution in [-0.2, 0) is 4.74 Å². The van der Waals surface area contributed by atoms with Crippen LogP contribution in [0.25, 0.3) is 28.1 Å². The predicted molar refractivity (Wildman–Crippen MR) is 91.6 cm³/mol. The Kier molecular flexibility index (Phi) is 3.80. The second-order valence-corrected chi connectivity index (χ2v) is 5.76. The summed E-state index contributed by atoms with van der Waals surface area (Å²) in [6.07, 6.45) is 4.87. The largest absolute Gasteiger partial charge is 0.461 e. The number of pyridine rings is 1. The molecule has 0 spiro atoms. The third-order valence-corrected chi connectivity index (χ3v) is 4.06. The number of aromatic nitrogens is 4. The third kappa shape index (κ3) is 2.55. The number of carbonyl (C=O) groups is 1. The molecule has 0 saturated heterocycles. The summed E-state index contributed by atoms with van der Waals surface area (Å²) >= 11 is 0. The van der Waals surface area contributed by atoms with Crippen molar-refractivity contribution in [3.8, 4) is 22.6 Å². The molecule has 0 fully saturated rings. The Hall–Kier alpha value is -3.42. The molecule has 0 saturated carbocycles. The van der Waals surface area contributed by atoms with Crippen molar-refractivity contribution in [2.45, 2.75) is 20.8 Å². The van der Waals surface area contributed by atoms with E-state index < -0.39 is 5.97 Å². The quantitative estimate of drug-likeness (QED) is 0.519. The molecule has 132 valence electrons. The minimum Gasteiger partial charge on any atom is -0.461 e. The molecule has 0 bridgehead atoms. The lowest BCUT2D eigenvalue weighted by Gasteiger charge is -2.01. The molecule has 0 N–H and O–H groups in total. The monoisotopic (exact) mass is 352 g/mol. The summed E-state index contributed by atoms with van der Waals surface area (Å²) in [6, 6.07) is 3.72. The van der Waals surface area contributed by atoms with E-state index in [1.807, 2.05) is 26.0 Å². The van der Waals surface area contributed by atoms with Gasteiger partial charge in [-0.2, -0.15) is 5.10 Å². The number of esters is 1. The second kappa shape index (κ2) is 6.14. The van der Waals surface area contributed by atoms with Gasteiger partial charge in [-0.15, -0.1) is 0 Å². The van der Waals surface area contributed by atoms with Crippen LogP contribution in [0.15, 0.2) is 39.7 Å². The Morgan fingerprint density at radius 2 is 2.19 bits per heavy atom. The van der Waals surface area contributed by atoms with Crippen molar-refractivity contribution >= 4 is 11.5 Å². The summed E-state index contributed by atoms with van der Waals surface area (Å²) in [4.78, 5) is 16.0. The molecule has 4 heterocycles. The zero-order chi connectivity index (χ0) is 18.3. The van der Waals surface area contributed by atoms with Crippen LogP contribution < -0.4 is 0 Å². The smallest absolute Gasteiger partial charge is 0.360 e. The first-order valence-electron chi connectivity index (χ1n) is 8.12. The van der Waals surface area contributed by atoms with Crippen LogP contribution in [0.4, 0.5) is 0 Å². The Bertz CT molecular complexity index is 1090. The molecule has 4 aromatic heterocycles. The lowest BCUT2D eigenvalue weighted by molar-refractivity contribution is 0.0519. The first-order chi connectivity index (χ1) is 12.6. The van der Waals surface area contributed by atoms with Crippen LogP contribution in [-0.4, -0.2) is 32.3 Å². The summed E-state index contributed by atoms with van der Waals surface area (Å²) in [5.41, 5.74) is 4.33. The summed E-state index contributed by atoms with van der Waals surface area (Å²) in [5.74, 6) is 0.550. The zero-order valence-corrected chi connectivity index (χ0v) is 14.5. The number of carbonyl (C=O) groups excluding carboxylic acids is 1. The zero-order valence-electron chi connectivity index (χ0n) is 14.5. The number of rotatable bonds is 4. The van der Waals surface area contributed by atoms with Crippen molar-refractivity contribution in [2.75, 3.05) is 6.61 Å². The van der Waals surface area contributed by atoms with Crippen molar-refractivity contribution in [1.82, 2.24) is 19.8 Å². The molecule has 4 aromatic rings. The lowest BCUT2D eigenvalue weighted by Crippen LogP contribution is -2.04. The first-order valence-corrected chi connectivity index (χ1v) is 8.12. The maximum absolute atomic E-state index is 11.8. The van der Waals surface area contributed by atoms with Gasteiger partial charge in [0.25, 0.3) is 0 Å². The highest BCUT2D eigenvalue weighted by Crippen LogP contribution is 2.32. The van der Waals surface area contributed by atoms with E-state index in [1.54, 1.807) is 23.8 Å². The average molecular weight is 352 g/mol. The number of aryl methyl sites for hydroxylation is 2. The molecule has 0 aliphatic carbocycles. The molecule has 0 amide bonds. The second-order valence-electron chi connectivity index (χ2n) is 5.76. The minimum absolute atomic E-state index is 0.140. The van der Waals surface area contributed by atoms with Crippen molar-refractivity contribution in [1.29, 1.82) is 0 Å². The molecule has 26 heavy (non-hydrogen) atoms. The van der Waals surface area contributed by atoms with E-state index in [-0.39, 0.29) is 12.3 Å². The fourth-order valence-electron chi connectivity index (χ4n) is 2.88. The van der Waals surface area contributed by atoms with Crippen molar-refractivity contribution in [2.24, 2.45) is 0 Å². The maximum Gasteiger partial charge on any atom is 0.360 e. The topological polar surface area (TPSA) is 95.7 Å². The van der Waals surface area contributed by atoms with Gasteiger partial charge in [0.05, 0.1) is 29.6 Å². The molecule has 4 rings (SSSR count). The van der Waals surface area contributed by atoms with E-state index in [4.69, 9.17) is 13.7 Å². The first kappa shape index (κ1) is 16.1. The van der Waals surface area contributed by atoms with Gasteiger partial charge in [0.2, 0.25) is 5.89 Å². The number of hydrogen-bond donors (Lipinski definition) is 0. The molecule has 0 aliphatic heterocycles. The van der Waals surface area contributed by atoms with E-state index in [0.717, 1.165) is 33.7 Å². The van der Waals surface area contributed by atoms with Gasteiger partial charge in [-0.25, -0.2) is 14.3 Å². The molecule has 0 aromatic carbocycles. The van der Waals surface area contributed by atoms with Crippen LogP contribution >= 0.6 is 0 Å². The summed E-state index contributed by atoms with van der Waals surface area (Å²) < 4.78 is 17.4. The van der Waals surface area contributed by atoms with Gasteiger partial charge in [0, 0.05) is 17.3 Å². The Morgan fingerprint density at radius 1 is 1.35 bits per heavy atom. The fourth-order valence-corrected chi connectivity index (χ4v) is 2.88. The Labute approximate surface area is 148 Å². The van der Waals surface area contributed by atoms with E-state index in [9.17, 15) is 4.79 Å². The molecular formula is C18H16N4O4. The van der Waals surface area contributed by atoms with E-state index in [0.29, 0.717) is 5.89 Å². The van der Waals surface area contributed by atoms with Gasteiger partial charge in [0.1, 0.15) is 12.0 Å². The number of ether oxygens (including phenoxy) is 1. The molecule has 0 atom stereocenters. The number of hydrogen-bond acceptors (Lipinski definition) is 7. The van der Waals surface area contributed by atoms with E-state index in [1.165, 1.54) is 6.26 Å². The lowest BCUT2D eigenvalue weighted by atomic mass is 10.1. The van der Waals surface area contributed by atoms with Crippen LogP contribution in [0.5, 0.6) is 0 Å². The predicted octanol–water partition coefficient (Wildman–Crippen LogP) is 3.44. The Balaban J connectivity index is 1.79. The maximum atomic E-state index is 11.8. The van der Waals surface area contributed by atoms with Gasteiger partial charge in [0.15, 0.2) is 5.69 Å². The van der Waals surface area contributed by atoms with Gasteiger partial charge >= 0.3 is 5.97 Å². The molecule has 8 nitrogen and oxygen atoms in total. The number of nitrogens with zero attached hydrogens (tertiary/aromatic N) is 4. The third-order valence-electron chi connectivity index (χ3n) is 4.06. The number of fused-ring (bicyclic) bond motifs is 1. The molecule has 0 unspecified atom stereocenters. The van der Waals surface area contributed by atoms with Gasteiger partial charge in [-0.3, -0.25) is 0 Å². The van der Waals surface area contributed by atoms with Crippen LogP contribution in [0, 0.1) is 13.8 Å². The Morgan fingerprint density at radius 3 is 2.92 bits per heavy atom. The highest BCUT2D eigenvalue weighted by molar-refractivity contribution is 5.88. The normalized spacial score (nSPS) is 11.2. The van der Waals surface area contributed by atoms with Crippen LogP contribution in [0.1, 0.15) is 28.9 Å². The van der Waals surface area contributed by atoms with Crippen LogP contribution in [0.3, 0.4) is 0 Å². The van der Waals surface area contributed by atoms with Gasteiger partial charge < -0.3 is 13.7 Å². The summed E-state index contributed by atoms with van der Waals surface area (Å²) in [5, 5.41) is 8.38. The van der Waals surface area contributed by atoms with Crippen LogP contribution in [0.2, 0.25) is 0 Å².